The van der Waals surface area contributed by atoms with Crippen molar-refractivity contribution in [1.29, 1.82) is 0 Å². The molecule has 16 heavy (non-hydrogen) atoms. The van der Waals surface area contributed by atoms with Gasteiger partial charge in [0.2, 0.25) is 0 Å². The van der Waals surface area contributed by atoms with Crippen LogP contribution in [0, 0.1) is 0 Å². The third-order valence-corrected chi connectivity index (χ3v) is 3.39. The van der Waals surface area contributed by atoms with Gasteiger partial charge >= 0.3 is 0 Å². The zero-order chi connectivity index (χ0) is 11.6. The van der Waals surface area contributed by atoms with Crippen LogP contribution in [0.3, 0.4) is 0 Å². The summed E-state index contributed by atoms with van der Waals surface area (Å²) in [5.74, 6) is 0. The fourth-order valence-electron chi connectivity index (χ4n) is 2.23. The third-order valence-electron chi connectivity index (χ3n) is 3.39. The van der Waals surface area contributed by atoms with Gasteiger partial charge in [0.1, 0.15) is 0 Å². The quantitative estimate of drug-likeness (QED) is 0.610. The highest BCUT2D eigenvalue weighted by Gasteiger charge is 2.14. The van der Waals surface area contributed by atoms with Gasteiger partial charge in [-0.15, -0.1) is 0 Å². The van der Waals surface area contributed by atoms with Gasteiger partial charge in [0, 0.05) is 6.61 Å². The zero-order valence-electron chi connectivity index (χ0n) is 11.0. The van der Waals surface area contributed by atoms with Crippen LogP contribution in [0.2, 0.25) is 0 Å². The average molecular weight is 228 g/mol. The van der Waals surface area contributed by atoms with E-state index in [1.807, 2.05) is 0 Å². The first-order valence-electron chi connectivity index (χ1n) is 6.91. The monoisotopic (exact) mass is 228 g/mol. The molecule has 3 heteroatoms. The van der Waals surface area contributed by atoms with E-state index in [0.717, 1.165) is 19.7 Å². The predicted molar refractivity (Wildman–Crippen MR) is 68.9 cm³/mol. The molecule has 0 aliphatic carbocycles. The molecule has 0 amide bonds. The van der Waals surface area contributed by atoms with E-state index < -0.39 is 0 Å². The minimum atomic E-state index is 0.537. The molecule has 1 atom stereocenters. The number of rotatable bonds is 9. The SMILES string of the molecule is CCN(CC)CCCNCCC1CCCO1. The highest BCUT2D eigenvalue weighted by Crippen LogP contribution is 2.14. The smallest absolute Gasteiger partial charge is 0.0588 e. The lowest BCUT2D eigenvalue weighted by Crippen LogP contribution is -2.28. The average Bonchev–Trinajstić information content (AvgIpc) is 2.81. The van der Waals surface area contributed by atoms with Crippen molar-refractivity contribution in [1.82, 2.24) is 10.2 Å². The molecule has 1 aliphatic rings. The first-order chi connectivity index (χ1) is 7.86. The first kappa shape index (κ1) is 13.9. The number of hydrogen-bond acceptors (Lipinski definition) is 3. The van der Waals surface area contributed by atoms with Crippen molar-refractivity contribution in [2.45, 2.75) is 45.6 Å². The standard InChI is InChI=1S/C13H28N2O/c1-3-15(4-2)11-6-9-14-10-8-13-7-5-12-16-13/h13-14H,3-12H2,1-2H3. The van der Waals surface area contributed by atoms with Crippen LogP contribution in [0.4, 0.5) is 0 Å². The summed E-state index contributed by atoms with van der Waals surface area (Å²) in [6.07, 6.45) is 5.50. The summed E-state index contributed by atoms with van der Waals surface area (Å²) >= 11 is 0. The van der Waals surface area contributed by atoms with Gasteiger partial charge in [-0.3, -0.25) is 0 Å². The minimum absolute atomic E-state index is 0.537. The molecule has 0 aromatic rings. The molecule has 0 aromatic carbocycles. The van der Waals surface area contributed by atoms with Crippen LogP contribution in [-0.2, 0) is 4.74 Å². The van der Waals surface area contributed by atoms with E-state index >= 15 is 0 Å². The largest absolute Gasteiger partial charge is 0.378 e. The second kappa shape index (κ2) is 8.97. The van der Waals surface area contributed by atoms with Gasteiger partial charge in [-0.1, -0.05) is 13.8 Å². The minimum Gasteiger partial charge on any atom is -0.378 e. The maximum atomic E-state index is 5.58. The van der Waals surface area contributed by atoms with Crippen molar-refractivity contribution in [2.75, 3.05) is 39.3 Å². The summed E-state index contributed by atoms with van der Waals surface area (Å²) in [6.45, 7) is 11.3. The Hall–Kier alpha value is -0.120. The number of nitrogens with zero attached hydrogens (tertiary/aromatic N) is 1. The van der Waals surface area contributed by atoms with E-state index in [-0.39, 0.29) is 0 Å². The maximum Gasteiger partial charge on any atom is 0.0588 e. The summed E-state index contributed by atoms with van der Waals surface area (Å²) < 4.78 is 5.58. The molecule has 0 bridgehead atoms. The van der Waals surface area contributed by atoms with Crippen molar-refractivity contribution >= 4 is 0 Å². The molecule has 96 valence electrons. The molecule has 1 N–H and O–H groups in total. The summed E-state index contributed by atoms with van der Waals surface area (Å²) in [4.78, 5) is 2.47. The van der Waals surface area contributed by atoms with E-state index in [9.17, 15) is 0 Å². The molecular formula is C13H28N2O. The third kappa shape index (κ3) is 5.83. The van der Waals surface area contributed by atoms with E-state index in [1.165, 1.54) is 45.3 Å². The molecule has 1 fully saturated rings. The highest BCUT2D eigenvalue weighted by molar-refractivity contribution is 4.66. The fourth-order valence-corrected chi connectivity index (χ4v) is 2.23. The van der Waals surface area contributed by atoms with Gasteiger partial charge in [0.15, 0.2) is 0 Å². The van der Waals surface area contributed by atoms with Crippen LogP contribution in [0.25, 0.3) is 0 Å². The molecule has 1 saturated heterocycles. The van der Waals surface area contributed by atoms with Crippen molar-refractivity contribution in [2.24, 2.45) is 0 Å². The van der Waals surface area contributed by atoms with Gasteiger partial charge in [-0.05, 0) is 58.4 Å². The molecule has 0 spiro atoms. The van der Waals surface area contributed by atoms with Gasteiger partial charge in [0.05, 0.1) is 6.10 Å². The predicted octanol–water partition coefficient (Wildman–Crippen LogP) is 1.88. The molecule has 1 unspecified atom stereocenters. The molecule has 0 saturated carbocycles. The lowest BCUT2D eigenvalue weighted by Gasteiger charge is -2.17. The van der Waals surface area contributed by atoms with Crippen LogP contribution in [-0.4, -0.2) is 50.3 Å². The number of ether oxygens (including phenoxy) is 1. The van der Waals surface area contributed by atoms with Crippen molar-refractivity contribution in [3.05, 3.63) is 0 Å². The van der Waals surface area contributed by atoms with Crippen molar-refractivity contribution in [3.8, 4) is 0 Å². The normalized spacial score (nSPS) is 20.8. The maximum absolute atomic E-state index is 5.58. The van der Waals surface area contributed by atoms with E-state index in [1.54, 1.807) is 0 Å². The molecule has 3 nitrogen and oxygen atoms in total. The first-order valence-corrected chi connectivity index (χ1v) is 6.91. The van der Waals surface area contributed by atoms with Crippen LogP contribution in [0.1, 0.15) is 39.5 Å². The molecule has 1 aliphatic heterocycles. The molecule has 1 rings (SSSR count). The summed E-state index contributed by atoms with van der Waals surface area (Å²) in [5, 5.41) is 3.51. The Labute approximate surface area is 101 Å². The van der Waals surface area contributed by atoms with Crippen LogP contribution in [0.5, 0.6) is 0 Å². The van der Waals surface area contributed by atoms with E-state index in [0.29, 0.717) is 6.10 Å². The van der Waals surface area contributed by atoms with E-state index in [4.69, 9.17) is 4.74 Å². The second-order valence-electron chi connectivity index (χ2n) is 4.55. The number of hydrogen-bond donors (Lipinski definition) is 1. The Morgan fingerprint density at radius 3 is 2.69 bits per heavy atom. The van der Waals surface area contributed by atoms with Gasteiger partial charge in [-0.25, -0.2) is 0 Å². The summed E-state index contributed by atoms with van der Waals surface area (Å²) in [5.41, 5.74) is 0. The molecular weight excluding hydrogens is 200 g/mol. The summed E-state index contributed by atoms with van der Waals surface area (Å²) in [6, 6.07) is 0. The summed E-state index contributed by atoms with van der Waals surface area (Å²) in [7, 11) is 0. The van der Waals surface area contributed by atoms with Gasteiger partial charge < -0.3 is 15.0 Å². The Balaban J connectivity index is 1.84. The Morgan fingerprint density at radius 1 is 1.25 bits per heavy atom. The van der Waals surface area contributed by atoms with Crippen LogP contribution in [0.15, 0.2) is 0 Å². The lowest BCUT2D eigenvalue weighted by molar-refractivity contribution is 0.104. The molecule has 0 radical (unpaired) electrons. The Kier molecular flexibility index (Phi) is 7.81. The second-order valence-corrected chi connectivity index (χ2v) is 4.55. The molecule has 0 aromatic heterocycles. The topological polar surface area (TPSA) is 24.5 Å². The van der Waals surface area contributed by atoms with Crippen molar-refractivity contribution in [3.63, 3.8) is 0 Å². The Morgan fingerprint density at radius 2 is 2.06 bits per heavy atom. The van der Waals surface area contributed by atoms with Crippen LogP contribution >= 0.6 is 0 Å². The van der Waals surface area contributed by atoms with Crippen LogP contribution < -0.4 is 5.32 Å². The zero-order valence-corrected chi connectivity index (χ0v) is 11.0. The Bertz CT molecular complexity index is 148. The van der Waals surface area contributed by atoms with Gasteiger partial charge in [-0.2, -0.15) is 0 Å². The van der Waals surface area contributed by atoms with Crippen molar-refractivity contribution < 1.29 is 4.74 Å². The fraction of sp³-hybridized carbons (Fsp3) is 1.00. The number of nitrogens with one attached hydrogen (secondary N) is 1. The molecule has 1 heterocycles. The van der Waals surface area contributed by atoms with E-state index in [2.05, 4.69) is 24.1 Å². The van der Waals surface area contributed by atoms with Gasteiger partial charge in [0.25, 0.3) is 0 Å². The highest BCUT2D eigenvalue weighted by atomic mass is 16.5. The lowest BCUT2D eigenvalue weighted by atomic mass is 10.2.